The molecule has 0 aliphatic heterocycles. The quantitative estimate of drug-likeness (QED) is 0.743. The van der Waals surface area contributed by atoms with Gasteiger partial charge in [-0.2, -0.15) is 0 Å². The van der Waals surface area contributed by atoms with E-state index in [2.05, 4.69) is 6.92 Å². The molecule has 18 heavy (non-hydrogen) atoms. The van der Waals surface area contributed by atoms with Crippen molar-refractivity contribution in [3.8, 4) is 11.5 Å². The van der Waals surface area contributed by atoms with Gasteiger partial charge in [0.1, 0.15) is 0 Å². The van der Waals surface area contributed by atoms with Gasteiger partial charge in [-0.1, -0.05) is 19.1 Å². The zero-order valence-corrected chi connectivity index (χ0v) is 11.2. The smallest absolute Gasteiger partial charge is 0.161 e. The molecule has 0 bridgehead atoms. The third-order valence-corrected chi connectivity index (χ3v) is 2.65. The van der Waals surface area contributed by atoms with Gasteiger partial charge in [-0.15, -0.1) is 0 Å². The average Bonchev–Trinajstić information content (AvgIpc) is 2.37. The van der Waals surface area contributed by atoms with E-state index in [9.17, 15) is 5.11 Å². The zero-order chi connectivity index (χ0) is 13.4. The Bertz CT molecular complexity index is 353. The molecule has 4 nitrogen and oxygen atoms in total. The maximum atomic E-state index is 9.78. The van der Waals surface area contributed by atoms with Gasteiger partial charge in [0.05, 0.1) is 18.8 Å². The topological polar surface area (TPSA) is 64.7 Å². The van der Waals surface area contributed by atoms with Crippen LogP contribution in [0, 0.1) is 0 Å². The van der Waals surface area contributed by atoms with Crippen LogP contribution in [0.1, 0.15) is 26.7 Å². The van der Waals surface area contributed by atoms with E-state index < -0.39 is 5.60 Å². The molecule has 1 rings (SSSR count). The molecule has 0 heterocycles. The van der Waals surface area contributed by atoms with E-state index in [4.69, 9.17) is 15.2 Å². The summed E-state index contributed by atoms with van der Waals surface area (Å²) in [5.41, 5.74) is 4.58. The Morgan fingerprint density at radius 3 is 2.22 bits per heavy atom. The lowest BCUT2D eigenvalue weighted by Gasteiger charge is -2.21. The van der Waals surface area contributed by atoms with Crippen molar-refractivity contribution in [2.75, 3.05) is 19.8 Å². The minimum atomic E-state index is -0.876. The van der Waals surface area contributed by atoms with Crippen LogP contribution in [0.5, 0.6) is 11.5 Å². The Labute approximate surface area is 109 Å². The molecule has 3 N–H and O–H groups in total. The second kappa shape index (κ2) is 7.24. The highest BCUT2D eigenvalue weighted by Crippen LogP contribution is 2.27. The summed E-state index contributed by atoms with van der Waals surface area (Å²) in [6.45, 7) is 5.07. The summed E-state index contributed by atoms with van der Waals surface area (Å²) in [6, 6.07) is 7.55. The summed E-state index contributed by atoms with van der Waals surface area (Å²) in [5.74, 6) is 1.45. The second-order valence-electron chi connectivity index (χ2n) is 4.59. The van der Waals surface area contributed by atoms with Crippen LogP contribution in [0.25, 0.3) is 0 Å². The summed E-state index contributed by atoms with van der Waals surface area (Å²) in [7, 11) is 0. The van der Waals surface area contributed by atoms with Crippen LogP contribution in [0.2, 0.25) is 0 Å². The van der Waals surface area contributed by atoms with E-state index in [1.807, 2.05) is 24.3 Å². The van der Waals surface area contributed by atoms with Gasteiger partial charge in [-0.05, 0) is 25.5 Å². The molecule has 0 radical (unpaired) electrons. The van der Waals surface area contributed by atoms with E-state index in [1.165, 1.54) is 0 Å². The van der Waals surface area contributed by atoms with Crippen molar-refractivity contribution < 1.29 is 14.6 Å². The number of hydrogen-bond donors (Lipinski definition) is 2. The molecule has 1 atom stereocenters. The Balaban J connectivity index is 2.51. The van der Waals surface area contributed by atoms with Crippen LogP contribution in [0.4, 0.5) is 0 Å². The standard InChI is InChI=1S/C14H23NO3/c1-3-9-17-12-6-4-5-7-13(12)18-10-8-14(2,16)11-15/h4-7,16H,3,8-11,15H2,1-2H3. The van der Waals surface area contributed by atoms with Crippen LogP contribution < -0.4 is 15.2 Å². The molecule has 0 saturated heterocycles. The van der Waals surface area contributed by atoms with Crippen LogP contribution >= 0.6 is 0 Å². The fourth-order valence-electron chi connectivity index (χ4n) is 1.38. The minimum Gasteiger partial charge on any atom is -0.490 e. The zero-order valence-electron chi connectivity index (χ0n) is 11.2. The first-order valence-electron chi connectivity index (χ1n) is 6.36. The Morgan fingerprint density at radius 2 is 1.72 bits per heavy atom. The molecule has 0 aromatic heterocycles. The second-order valence-corrected chi connectivity index (χ2v) is 4.59. The molecule has 0 aliphatic carbocycles. The van der Waals surface area contributed by atoms with Crippen LogP contribution in [0.15, 0.2) is 24.3 Å². The lowest BCUT2D eigenvalue weighted by atomic mass is 10.0. The summed E-state index contributed by atoms with van der Waals surface area (Å²) in [5, 5.41) is 9.78. The first kappa shape index (κ1) is 14.8. The molecule has 0 amide bonds. The number of nitrogens with two attached hydrogens (primary N) is 1. The van der Waals surface area contributed by atoms with Gasteiger partial charge in [0.2, 0.25) is 0 Å². The molecule has 0 fully saturated rings. The SMILES string of the molecule is CCCOc1ccccc1OCCC(C)(O)CN. The molecule has 1 unspecified atom stereocenters. The van der Waals surface area contributed by atoms with Gasteiger partial charge in [-0.25, -0.2) is 0 Å². The van der Waals surface area contributed by atoms with Gasteiger partial charge < -0.3 is 20.3 Å². The summed E-state index contributed by atoms with van der Waals surface area (Å²) in [6.07, 6.45) is 1.45. The lowest BCUT2D eigenvalue weighted by molar-refractivity contribution is 0.0449. The molecular weight excluding hydrogens is 230 g/mol. The van der Waals surface area contributed by atoms with Crippen LogP contribution in [-0.4, -0.2) is 30.5 Å². The molecule has 1 aromatic rings. The molecule has 102 valence electrons. The molecular formula is C14H23NO3. The van der Waals surface area contributed by atoms with E-state index >= 15 is 0 Å². The highest BCUT2D eigenvalue weighted by atomic mass is 16.5. The van der Waals surface area contributed by atoms with Crippen molar-refractivity contribution in [2.24, 2.45) is 5.73 Å². The molecule has 4 heteroatoms. The number of benzene rings is 1. The highest BCUT2D eigenvalue weighted by Gasteiger charge is 2.18. The fraction of sp³-hybridized carbons (Fsp3) is 0.571. The Hall–Kier alpha value is -1.26. The summed E-state index contributed by atoms with van der Waals surface area (Å²) in [4.78, 5) is 0. The lowest BCUT2D eigenvalue weighted by Crippen LogP contribution is -2.35. The van der Waals surface area contributed by atoms with Gasteiger partial charge in [-0.3, -0.25) is 0 Å². The van der Waals surface area contributed by atoms with E-state index in [0.717, 1.165) is 12.2 Å². The number of rotatable bonds is 8. The van der Waals surface area contributed by atoms with Crippen molar-refractivity contribution in [2.45, 2.75) is 32.3 Å². The fourth-order valence-corrected chi connectivity index (χ4v) is 1.38. The molecule has 0 aliphatic rings. The number of hydrogen-bond acceptors (Lipinski definition) is 4. The van der Waals surface area contributed by atoms with Gasteiger partial charge in [0.15, 0.2) is 11.5 Å². The van der Waals surface area contributed by atoms with E-state index in [1.54, 1.807) is 6.92 Å². The molecule has 0 saturated carbocycles. The van der Waals surface area contributed by atoms with Gasteiger partial charge in [0, 0.05) is 13.0 Å². The Kier molecular flexibility index (Phi) is 5.95. The molecule has 1 aromatic carbocycles. The van der Waals surface area contributed by atoms with Crippen molar-refractivity contribution in [3.63, 3.8) is 0 Å². The van der Waals surface area contributed by atoms with Crippen molar-refractivity contribution in [1.29, 1.82) is 0 Å². The van der Waals surface area contributed by atoms with Crippen LogP contribution in [0.3, 0.4) is 0 Å². The van der Waals surface area contributed by atoms with Crippen molar-refractivity contribution in [1.82, 2.24) is 0 Å². The third-order valence-electron chi connectivity index (χ3n) is 2.65. The molecule has 0 spiro atoms. The Morgan fingerprint density at radius 1 is 1.17 bits per heavy atom. The van der Waals surface area contributed by atoms with Gasteiger partial charge >= 0.3 is 0 Å². The van der Waals surface area contributed by atoms with E-state index in [0.29, 0.717) is 25.4 Å². The predicted molar refractivity (Wildman–Crippen MR) is 72.0 cm³/mol. The first-order chi connectivity index (χ1) is 8.59. The maximum Gasteiger partial charge on any atom is 0.161 e. The van der Waals surface area contributed by atoms with Gasteiger partial charge in [0.25, 0.3) is 0 Å². The van der Waals surface area contributed by atoms with Crippen molar-refractivity contribution >= 4 is 0 Å². The highest BCUT2D eigenvalue weighted by molar-refractivity contribution is 5.39. The monoisotopic (exact) mass is 253 g/mol. The minimum absolute atomic E-state index is 0.227. The average molecular weight is 253 g/mol. The third kappa shape index (κ3) is 4.94. The predicted octanol–water partition coefficient (Wildman–Crippen LogP) is 1.95. The first-order valence-corrected chi connectivity index (χ1v) is 6.36. The number of para-hydroxylation sites is 2. The summed E-state index contributed by atoms with van der Waals surface area (Å²) >= 11 is 0. The normalized spacial score (nSPS) is 14.0. The van der Waals surface area contributed by atoms with E-state index in [-0.39, 0.29) is 6.54 Å². The van der Waals surface area contributed by atoms with Crippen molar-refractivity contribution in [3.05, 3.63) is 24.3 Å². The number of ether oxygens (including phenoxy) is 2. The summed E-state index contributed by atoms with van der Waals surface area (Å²) < 4.78 is 11.2. The number of aliphatic hydroxyl groups is 1. The van der Waals surface area contributed by atoms with Crippen LogP contribution in [-0.2, 0) is 0 Å². The maximum absolute atomic E-state index is 9.78. The largest absolute Gasteiger partial charge is 0.490 e.